The Kier molecular flexibility index (Phi) is 6.06. The molecule has 1 saturated heterocycles. The molecule has 0 aromatic heterocycles. The fraction of sp³-hybridized carbons (Fsp3) is 0.440. The van der Waals surface area contributed by atoms with Gasteiger partial charge in [-0.25, -0.2) is 0 Å². The number of hydrogen-bond donors (Lipinski definition) is 1. The van der Waals surface area contributed by atoms with Gasteiger partial charge >= 0.3 is 0 Å². The lowest BCUT2D eigenvalue weighted by Crippen LogP contribution is -2.50. The van der Waals surface area contributed by atoms with Gasteiger partial charge in [-0.1, -0.05) is 54.6 Å². The molecular weight excluding hydrogens is 362 g/mol. The molecule has 1 N–H and O–H groups in total. The smallest absolute Gasteiger partial charge is 0.195 e. The van der Waals surface area contributed by atoms with Gasteiger partial charge in [-0.3, -0.25) is 0 Å². The van der Waals surface area contributed by atoms with E-state index in [1.807, 2.05) is 57.2 Å². The van der Waals surface area contributed by atoms with E-state index in [-0.39, 0.29) is 11.8 Å². The Morgan fingerprint density at radius 2 is 1.76 bits per heavy atom. The predicted octanol–water partition coefficient (Wildman–Crippen LogP) is 3.67. The maximum absolute atomic E-state index is 11.4. The van der Waals surface area contributed by atoms with E-state index in [0.717, 1.165) is 21.6 Å². The average molecular weight is 396 g/mol. The second kappa shape index (κ2) is 8.21. The van der Waals surface area contributed by atoms with Gasteiger partial charge in [0.25, 0.3) is 0 Å². The SMILES string of the molecule is C=c1ccc(C)c/c1=C(/O)N(CC1COC(C)(C)OC1)C(C)(C)c1ccccc1. The van der Waals surface area contributed by atoms with E-state index in [1.54, 1.807) is 0 Å². The van der Waals surface area contributed by atoms with Crippen molar-refractivity contribution >= 4 is 12.5 Å². The Balaban J connectivity index is 2.05. The first-order valence-electron chi connectivity index (χ1n) is 10.2. The molecule has 0 unspecified atom stereocenters. The van der Waals surface area contributed by atoms with Crippen LogP contribution in [0.25, 0.3) is 12.5 Å². The summed E-state index contributed by atoms with van der Waals surface area (Å²) in [5.74, 6) is -0.178. The van der Waals surface area contributed by atoms with Crippen molar-refractivity contribution in [1.82, 2.24) is 4.90 Å². The second-order valence-electron chi connectivity index (χ2n) is 8.91. The first-order chi connectivity index (χ1) is 13.6. The molecule has 1 heterocycles. The van der Waals surface area contributed by atoms with Crippen LogP contribution in [0.2, 0.25) is 0 Å². The van der Waals surface area contributed by atoms with Crippen LogP contribution in [0.4, 0.5) is 0 Å². The van der Waals surface area contributed by atoms with Crippen LogP contribution < -0.4 is 10.4 Å². The van der Waals surface area contributed by atoms with Crippen LogP contribution >= 0.6 is 0 Å². The molecule has 0 atom stereocenters. The van der Waals surface area contributed by atoms with Gasteiger partial charge in [0.05, 0.1) is 18.8 Å². The van der Waals surface area contributed by atoms with Crippen LogP contribution in [-0.4, -0.2) is 35.6 Å². The molecule has 0 aliphatic carbocycles. The lowest BCUT2D eigenvalue weighted by molar-refractivity contribution is -0.263. The van der Waals surface area contributed by atoms with Gasteiger partial charge in [-0.05, 0) is 51.5 Å². The van der Waals surface area contributed by atoms with Gasteiger partial charge < -0.3 is 19.5 Å². The van der Waals surface area contributed by atoms with Crippen LogP contribution in [0.5, 0.6) is 0 Å². The number of aliphatic hydroxyl groups excluding tert-OH is 1. The third-order valence-electron chi connectivity index (χ3n) is 5.69. The number of hydrogen-bond acceptors (Lipinski definition) is 4. The van der Waals surface area contributed by atoms with E-state index < -0.39 is 11.3 Å². The number of ether oxygens (including phenoxy) is 2. The van der Waals surface area contributed by atoms with Crippen LogP contribution in [0.3, 0.4) is 0 Å². The molecule has 4 nitrogen and oxygen atoms in total. The lowest BCUT2D eigenvalue weighted by Gasteiger charge is -2.44. The van der Waals surface area contributed by atoms with Crippen molar-refractivity contribution in [2.45, 2.75) is 45.9 Å². The predicted molar refractivity (Wildman–Crippen MR) is 118 cm³/mol. The largest absolute Gasteiger partial charge is 0.494 e. The van der Waals surface area contributed by atoms with Crippen molar-refractivity contribution in [3.8, 4) is 0 Å². The summed E-state index contributed by atoms with van der Waals surface area (Å²) in [5, 5.41) is 13.0. The first kappa shape index (κ1) is 21.4. The Morgan fingerprint density at radius 1 is 1.14 bits per heavy atom. The molecule has 3 rings (SSSR count). The zero-order valence-corrected chi connectivity index (χ0v) is 18.2. The van der Waals surface area contributed by atoms with Crippen molar-refractivity contribution in [2.75, 3.05) is 19.8 Å². The molecule has 0 amide bonds. The molecule has 1 aliphatic heterocycles. The van der Waals surface area contributed by atoms with Gasteiger partial charge in [0.15, 0.2) is 11.7 Å². The molecule has 0 spiro atoms. The zero-order chi connectivity index (χ0) is 21.2. The Bertz CT molecular complexity index is 940. The fourth-order valence-electron chi connectivity index (χ4n) is 3.72. The van der Waals surface area contributed by atoms with Gasteiger partial charge in [0, 0.05) is 17.7 Å². The van der Waals surface area contributed by atoms with Crippen LogP contribution in [0, 0.1) is 12.8 Å². The summed E-state index contributed by atoms with van der Waals surface area (Å²) in [6, 6.07) is 16.2. The van der Waals surface area contributed by atoms with Gasteiger partial charge in [-0.2, -0.15) is 0 Å². The molecular formula is C25H33NO3. The average Bonchev–Trinajstić information content (AvgIpc) is 2.69. The third kappa shape index (κ3) is 4.82. The first-order valence-corrected chi connectivity index (χ1v) is 10.2. The number of aliphatic hydroxyl groups is 1. The minimum absolute atomic E-state index is 0.145. The minimum atomic E-state index is -0.556. The number of aryl methyl sites for hydroxylation is 1. The molecule has 2 aromatic rings. The van der Waals surface area contributed by atoms with E-state index in [1.165, 1.54) is 0 Å². The Morgan fingerprint density at radius 3 is 2.38 bits per heavy atom. The molecule has 1 fully saturated rings. The van der Waals surface area contributed by atoms with Crippen LogP contribution in [0.1, 0.15) is 38.8 Å². The Hall–Kier alpha value is -2.30. The molecule has 156 valence electrons. The number of nitrogens with zero attached hydrogens (tertiary/aromatic N) is 1. The van der Waals surface area contributed by atoms with E-state index in [2.05, 4.69) is 37.5 Å². The molecule has 0 radical (unpaired) electrons. The second-order valence-corrected chi connectivity index (χ2v) is 8.91. The third-order valence-corrected chi connectivity index (χ3v) is 5.69. The zero-order valence-electron chi connectivity index (χ0n) is 18.2. The molecule has 0 bridgehead atoms. The van der Waals surface area contributed by atoms with Crippen molar-refractivity contribution in [3.05, 3.63) is 70.1 Å². The summed E-state index contributed by atoms with van der Waals surface area (Å²) < 4.78 is 11.7. The molecule has 2 aromatic carbocycles. The number of benzene rings is 2. The normalized spacial score (nSPS) is 18.4. The summed E-state index contributed by atoms with van der Waals surface area (Å²) >= 11 is 0. The fourth-order valence-corrected chi connectivity index (χ4v) is 3.72. The highest BCUT2D eigenvalue weighted by Crippen LogP contribution is 2.32. The Labute approximate surface area is 174 Å². The molecule has 1 aliphatic rings. The van der Waals surface area contributed by atoms with Crippen LogP contribution in [-0.2, 0) is 15.0 Å². The maximum atomic E-state index is 11.4. The monoisotopic (exact) mass is 395 g/mol. The molecule has 0 saturated carbocycles. The van der Waals surface area contributed by atoms with E-state index in [4.69, 9.17) is 9.47 Å². The van der Waals surface area contributed by atoms with Gasteiger partial charge in [0.1, 0.15) is 0 Å². The number of rotatable bonds is 5. The summed E-state index contributed by atoms with van der Waals surface area (Å²) in [6.45, 7) is 16.1. The summed E-state index contributed by atoms with van der Waals surface area (Å²) in [7, 11) is 0. The topological polar surface area (TPSA) is 41.9 Å². The van der Waals surface area contributed by atoms with Gasteiger partial charge in [0.2, 0.25) is 0 Å². The van der Waals surface area contributed by atoms with Crippen molar-refractivity contribution in [2.24, 2.45) is 5.92 Å². The lowest BCUT2D eigenvalue weighted by atomic mass is 9.91. The summed E-state index contributed by atoms with van der Waals surface area (Å²) in [5.41, 5.74) is 1.78. The van der Waals surface area contributed by atoms with E-state index >= 15 is 0 Å². The molecule has 29 heavy (non-hydrogen) atoms. The standard InChI is InChI=1S/C25H33NO3/c1-18-12-13-19(2)22(14-18)23(27)26(15-20-16-28-25(5,6)29-17-20)24(3,4)21-10-8-7-9-11-21/h7-14,20,27H,2,15-17H2,1,3-6H3/b23-22-. The van der Waals surface area contributed by atoms with Crippen LogP contribution in [0.15, 0.2) is 48.5 Å². The highest BCUT2D eigenvalue weighted by atomic mass is 16.7. The van der Waals surface area contributed by atoms with Crippen molar-refractivity contribution < 1.29 is 14.6 Å². The van der Waals surface area contributed by atoms with E-state index in [9.17, 15) is 5.11 Å². The van der Waals surface area contributed by atoms with Gasteiger partial charge in [-0.15, -0.1) is 0 Å². The highest BCUT2D eigenvalue weighted by Gasteiger charge is 2.35. The molecule has 4 heteroatoms. The van der Waals surface area contributed by atoms with Crippen molar-refractivity contribution in [3.63, 3.8) is 0 Å². The quantitative estimate of drug-likeness (QED) is 0.839. The highest BCUT2D eigenvalue weighted by molar-refractivity contribution is 5.40. The van der Waals surface area contributed by atoms with E-state index in [0.29, 0.717) is 19.8 Å². The maximum Gasteiger partial charge on any atom is 0.195 e. The summed E-state index contributed by atoms with van der Waals surface area (Å²) in [4.78, 5) is 2.06. The van der Waals surface area contributed by atoms with Crippen molar-refractivity contribution in [1.29, 1.82) is 0 Å². The minimum Gasteiger partial charge on any atom is -0.494 e. The summed E-state index contributed by atoms with van der Waals surface area (Å²) in [6.07, 6.45) is 0.